The van der Waals surface area contributed by atoms with E-state index in [1.165, 1.54) is 70.6 Å². The van der Waals surface area contributed by atoms with Crippen LogP contribution in [-0.4, -0.2) is 89.6 Å². The third-order valence-electron chi connectivity index (χ3n) is 9.55. The molecule has 2 aromatic rings. The number of phosphoric acid groups is 1. The largest absolute Gasteiger partial charge is 0.756 e. The highest BCUT2D eigenvalue weighted by molar-refractivity contribution is 7.45. The predicted octanol–water partition coefficient (Wildman–Crippen LogP) is 8.67. The fraction of sp³-hybridized carbons (Fsp3) is 0.698. The van der Waals surface area contributed by atoms with Crippen LogP contribution in [0.15, 0.2) is 36.4 Å². The van der Waals surface area contributed by atoms with Crippen molar-refractivity contribution < 1.29 is 51.6 Å². The van der Waals surface area contributed by atoms with Crippen molar-refractivity contribution in [2.24, 2.45) is 0 Å². The van der Waals surface area contributed by atoms with Crippen molar-refractivity contribution in [2.75, 3.05) is 61.2 Å². The molecule has 0 saturated carbocycles. The molecule has 2 aromatic carbocycles. The number of carbonyl (C=O) groups excluding carboxylic acids is 3. The van der Waals surface area contributed by atoms with E-state index >= 15 is 0 Å². The van der Waals surface area contributed by atoms with Crippen molar-refractivity contribution in [2.45, 2.75) is 135 Å². The van der Waals surface area contributed by atoms with Crippen LogP contribution in [-0.2, 0) is 32.7 Å². The lowest BCUT2D eigenvalue weighted by Gasteiger charge is -2.28. The zero-order valence-electron chi connectivity index (χ0n) is 35.0. The molecule has 0 bridgehead atoms. The number of amides is 1. The Balaban J connectivity index is 1.70. The van der Waals surface area contributed by atoms with E-state index < -0.39 is 32.5 Å². The number of quaternary nitrogens is 1. The minimum atomic E-state index is -4.69. The molecule has 2 rings (SSSR count). The van der Waals surface area contributed by atoms with Gasteiger partial charge >= 0.3 is 11.9 Å². The van der Waals surface area contributed by atoms with E-state index in [2.05, 4.69) is 12.2 Å². The molecule has 318 valence electrons. The predicted molar refractivity (Wildman–Crippen MR) is 219 cm³/mol. The Morgan fingerprint density at radius 3 is 1.88 bits per heavy atom. The lowest BCUT2D eigenvalue weighted by Crippen LogP contribution is -2.37. The molecule has 56 heavy (non-hydrogen) atoms. The van der Waals surface area contributed by atoms with Crippen LogP contribution in [0.4, 0.5) is 0 Å². The summed E-state index contributed by atoms with van der Waals surface area (Å²) in [7, 11) is 2.62. The first kappa shape index (κ1) is 49.1. The standard InChI is InChI=1S/C43H71N2O10P/c1-6-7-8-9-10-11-12-13-14-15-16-17-18-19-20-23-41(46)52-34-40(35-54-56(49,50)53-31-30-45(2,3)4)55-42(47)24-21-22-29-44-43(48)38-26-25-37-33-39(51-5)28-27-36(37)32-38/h25-28,32-33,40H,6-24,29-31,34-35H2,1-5H3,(H-,44,48,49,50). The number of fused-ring (bicyclic) bond motifs is 1. The molecule has 13 heteroatoms. The maximum Gasteiger partial charge on any atom is 0.306 e. The number of ether oxygens (including phenoxy) is 3. The third-order valence-corrected chi connectivity index (χ3v) is 10.5. The van der Waals surface area contributed by atoms with Gasteiger partial charge in [0.05, 0.1) is 34.9 Å². The Morgan fingerprint density at radius 2 is 1.27 bits per heavy atom. The molecular formula is C43H71N2O10P. The van der Waals surface area contributed by atoms with Gasteiger partial charge in [-0.05, 0) is 54.3 Å². The highest BCUT2D eigenvalue weighted by atomic mass is 31.2. The van der Waals surface area contributed by atoms with Gasteiger partial charge in [0, 0.05) is 24.9 Å². The topological polar surface area (TPSA) is 150 Å². The number of phosphoric ester groups is 1. The molecule has 12 nitrogen and oxygen atoms in total. The molecule has 1 N–H and O–H groups in total. The number of hydrogen-bond acceptors (Lipinski definition) is 10. The Bertz CT molecular complexity index is 1460. The van der Waals surface area contributed by atoms with Gasteiger partial charge in [0.15, 0.2) is 6.10 Å². The average Bonchev–Trinajstić information content (AvgIpc) is 3.16. The molecule has 0 aromatic heterocycles. The van der Waals surface area contributed by atoms with Gasteiger partial charge in [-0.1, -0.05) is 109 Å². The molecule has 0 fully saturated rings. The number of nitrogens with zero attached hydrogens (tertiary/aromatic N) is 1. The minimum absolute atomic E-state index is 0.0201. The van der Waals surface area contributed by atoms with Gasteiger partial charge in [-0.15, -0.1) is 0 Å². The van der Waals surface area contributed by atoms with E-state index in [0.717, 1.165) is 35.8 Å². The second-order valence-corrected chi connectivity index (χ2v) is 17.1. The normalized spacial score (nSPS) is 13.2. The average molecular weight is 807 g/mol. The van der Waals surface area contributed by atoms with Gasteiger partial charge in [0.1, 0.15) is 25.5 Å². The lowest BCUT2D eigenvalue weighted by molar-refractivity contribution is -0.870. The molecule has 0 aliphatic carbocycles. The van der Waals surface area contributed by atoms with Crippen molar-refractivity contribution in [3.63, 3.8) is 0 Å². The van der Waals surface area contributed by atoms with Crippen LogP contribution in [0.5, 0.6) is 5.75 Å². The van der Waals surface area contributed by atoms with E-state index in [1.54, 1.807) is 13.2 Å². The number of carbonyl (C=O) groups is 3. The number of hydrogen-bond donors (Lipinski definition) is 1. The number of esters is 2. The van der Waals surface area contributed by atoms with Crippen LogP contribution < -0.4 is 14.9 Å². The number of benzene rings is 2. The molecule has 0 aliphatic rings. The zero-order chi connectivity index (χ0) is 41.1. The molecule has 0 heterocycles. The van der Waals surface area contributed by atoms with E-state index in [4.69, 9.17) is 23.3 Å². The van der Waals surface area contributed by atoms with Crippen LogP contribution in [0, 0.1) is 0 Å². The van der Waals surface area contributed by atoms with E-state index in [9.17, 15) is 23.8 Å². The summed E-state index contributed by atoms with van der Waals surface area (Å²) in [6, 6.07) is 11.1. The van der Waals surface area contributed by atoms with E-state index in [1.807, 2.05) is 51.5 Å². The Morgan fingerprint density at radius 1 is 0.714 bits per heavy atom. The van der Waals surface area contributed by atoms with Crippen LogP contribution in [0.1, 0.15) is 139 Å². The molecule has 2 unspecified atom stereocenters. The van der Waals surface area contributed by atoms with Gasteiger partial charge in [-0.2, -0.15) is 0 Å². The van der Waals surface area contributed by atoms with Crippen molar-refractivity contribution in [3.8, 4) is 5.75 Å². The van der Waals surface area contributed by atoms with E-state index in [0.29, 0.717) is 42.4 Å². The van der Waals surface area contributed by atoms with Crippen LogP contribution in [0.2, 0.25) is 0 Å². The maximum absolute atomic E-state index is 12.7. The summed E-state index contributed by atoms with van der Waals surface area (Å²) in [6.45, 7) is 2.08. The zero-order valence-corrected chi connectivity index (χ0v) is 35.9. The van der Waals surface area contributed by atoms with Gasteiger partial charge in [0.25, 0.3) is 13.7 Å². The summed E-state index contributed by atoms with van der Waals surface area (Å²) in [5, 5.41) is 4.75. The lowest BCUT2D eigenvalue weighted by atomic mass is 10.0. The highest BCUT2D eigenvalue weighted by Gasteiger charge is 2.22. The van der Waals surface area contributed by atoms with Crippen LogP contribution in [0.25, 0.3) is 10.8 Å². The summed E-state index contributed by atoms with van der Waals surface area (Å²) in [4.78, 5) is 50.3. The number of methoxy groups -OCH3 is 1. The second kappa shape index (κ2) is 28.4. The number of unbranched alkanes of at least 4 members (excludes halogenated alkanes) is 15. The number of likely N-dealkylation sites (N-methyl/N-ethyl adjacent to an activating group) is 1. The van der Waals surface area contributed by atoms with Gasteiger partial charge in [0.2, 0.25) is 0 Å². The fourth-order valence-corrected chi connectivity index (χ4v) is 6.82. The van der Waals surface area contributed by atoms with Crippen LogP contribution >= 0.6 is 7.82 Å². The molecule has 2 atom stereocenters. The van der Waals surface area contributed by atoms with Crippen LogP contribution in [0.3, 0.4) is 0 Å². The first-order valence-corrected chi connectivity index (χ1v) is 22.4. The molecule has 0 aliphatic heterocycles. The van der Waals surface area contributed by atoms with Gasteiger partial charge in [-0.25, -0.2) is 0 Å². The first-order valence-electron chi connectivity index (χ1n) is 20.9. The second-order valence-electron chi connectivity index (χ2n) is 15.7. The summed E-state index contributed by atoms with van der Waals surface area (Å²) < 4.78 is 39.0. The Kier molecular flexibility index (Phi) is 24.9. The summed E-state index contributed by atoms with van der Waals surface area (Å²) in [5.41, 5.74) is 0.524. The fourth-order valence-electron chi connectivity index (χ4n) is 6.09. The van der Waals surface area contributed by atoms with Gasteiger partial charge < -0.3 is 38.0 Å². The molecule has 0 spiro atoms. The highest BCUT2D eigenvalue weighted by Crippen LogP contribution is 2.38. The van der Waals surface area contributed by atoms with Crippen molar-refractivity contribution >= 4 is 36.4 Å². The molecule has 1 amide bonds. The summed E-state index contributed by atoms with van der Waals surface area (Å²) >= 11 is 0. The number of rotatable bonds is 33. The molecular weight excluding hydrogens is 735 g/mol. The Labute approximate surface area is 336 Å². The molecule has 0 radical (unpaired) electrons. The SMILES string of the molecule is CCCCCCCCCCCCCCCCCC(=O)OCC(COP(=O)([O-])OCC[N+](C)(C)C)OC(=O)CCCCNC(=O)c1ccc2cc(OC)ccc2c1. The van der Waals surface area contributed by atoms with Gasteiger partial charge in [-0.3, -0.25) is 18.9 Å². The summed E-state index contributed by atoms with van der Waals surface area (Å²) in [5.74, 6) is -0.518. The van der Waals surface area contributed by atoms with Crippen molar-refractivity contribution in [3.05, 3.63) is 42.0 Å². The smallest absolute Gasteiger partial charge is 0.306 e. The maximum atomic E-state index is 12.7. The van der Waals surface area contributed by atoms with Crippen molar-refractivity contribution in [1.82, 2.24) is 5.32 Å². The quantitative estimate of drug-likeness (QED) is 0.0321. The van der Waals surface area contributed by atoms with Crippen molar-refractivity contribution in [1.29, 1.82) is 0 Å². The minimum Gasteiger partial charge on any atom is -0.756 e. The third kappa shape index (κ3) is 23.9. The molecule has 0 saturated heterocycles. The first-order chi connectivity index (χ1) is 26.8. The van der Waals surface area contributed by atoms with E-state index in [-0.39, 0.29) is 32.0 Å². The Hall–Kier alpha value is -3.02. The monoisotopic (exact) mass is 806 g/mol. The summed E-state index contributed by atoms with van der Waals surface area (Å²) in [6.07, 6.45) is 18.4. The number of nitrogens with one attached hydrogen (secondary N) is 1.